The molecule has 1 aliphatic rings. The number of rotatable bonds is 6. The Balaban J connectivity index is 2.29. The lowest BCUT2D eigenvalue weighted by Gasteiger charge is -2.27. The van der Waals surface area contributed by atoms with E-state index in [0.717, 1.165) is 25.8 Å². The van der Waals surface area contributed by atoms with E-state index < -0.39 is 0 Å². The SMILES string of the molecule is CC(C)N(CCCN)c1nccn(C2CC2)c1=O. The van der Waals surface area contributed by atoms with Crippen LogP contribution >= 0.6 is 0 Å². The monoisotopic (exact) mass is 250 g/mol. The van der Waals surface area contributed by atoms with Crippen LogP contribution in [-0.2, 0) is 0 Å². The Labute approximate surface area is 108 Å². The van der Waals surface area contributed by atoms with Crippen LogP contribution in [0.5, 0.6) is 0 Å². The maximum atomic E-state index is 12.4. The van der Waals surface area contributed by atoms with Crippen LogP contribution in [-0.4, -0.2) is 28.7 Å². The third-order valence-corrected chi connectivity index (χ3v) is 3.29. The fourth-order valence-electron chi connectivity index (χ4n) is 2.12. The first-order chi connectivity index (χ1) is 8.65. The zero-order chi connectivity index (χ0) is 13.1. The summed E-state index contributed by atoms with van der Waals surface area (Å²) in [5, 5.41) is 0. The first-order valence-electron chi connectivity index (χ1n) is 6.69. The van der Waals surface area contributed by atoms with E-state index in [1.54, 1.807) is 12.4 Å². The van der Waals surface area contributed by atoms with Gasteiger partial charge in [-0.05, 0) is 39.7 Å². The number of hydrogen-bond acceptors (Lipinski definition) is 4. The summed E-state index contributed by atoms with van der Waals surface area (Å²) in [6.45, 7) is 5.57. The molecule has 0 bridgehead atoms. The number of hydrogen-bond donors (Lipinski definition) is 1. The fraction of sp³-hybridized carbons (Fsp3) is 0.692. The summed E-state index contributed by atoms with van der Waals surface area (Å²) in [6, 6.07) is 0.648. The lowest BCUT2D eigenvalue weighted by atomic mass is 10.3. The molecule has 1 fully saturated rings. The molecule has 0 saturated heterocycles. The lowest BCUT2D eigenvalue weighted by Crippen LogP contribution is -2.39. The largest absolute Gasteiger partial charge is 0.350 e. The maximum absolute atomic E-state index is 12.4. The van der Waals surface area contributed by atoms with Crippen molar-refractivity contribution < 1.29 is 0 Å². The van der Waals surface area contributed by atoms with Gasteiger partial charge in [0.2, 0.25) is 0 Å². The standard InChI is InChI=1S/C13H22N4O/c1-10(2)16(8-3-6-14)12-13(18)17(9-7-15-12)11-4-5-11/h7,9-11H,3-6,8,14H2,1-2H3. The van der Waals surface area contributed by atoms with Gasteiger partial charge in [0, 0.05) is 31.0 Å². The van der Waals surface area contributed by atoms with Gasteiger partial charge in [0.25, 0.3) is 5.56 Å². The zero-order valence-electron chi connectivity index (χ0n) is 11.2. The first kappa shape index (κ1) is 13.1. The van der Waals surface area contributed by atoms with Crippen molar-refractivity contribution in [3.05, 3.63) is 22.7 Å². The smallest absolute Gasteiger partial charge is 0.293 e. The van der Waals surface area contributed by atoms with Gasteiger partial charge in [-0.3, -0.25) is 4.79 Å². The minimum absolute atomic E-state index is 0.0331. The number of anilines is 1. The summed E-state index contributed by atoms with van der Waals surface area (Å²) < 4.78 is 1.82. The zero-order valence-corrected chi connectivity index (χ0v) is 11.2. The Morgan fingerprint density at radius 2 is 2.28 bits per heavy atom. The van der Waals surface area contributed by atoms with Crippen LogP contribution in [0.3, 0.4) is 0 Å². The summed E-state index contributed by atoms with van der Waals surface area (Å²) in [5.41, 5.74) is 5.58. The highest BCUT2D eigenvalue weighted by Gasteiger charge is 2.26. The molecule has 1 heterocycles. The van der Waals surface area contributed by atoms with Crippen molar-refractivity contribution in [2.45, 2.75) is 45.2 Å². The molecule has 1 aromatic heterocycles. The molecule has 0 amide bonds. The van der Waals surface area contributed by atoms with Gasteiger partial charge in [-0.1, -0.05) is 0 Å². The highest BCUT2D eigenvalue weighted by atomic mass is 16.1. The van der Waals surface area contributed by atoms with Crippen molar-refractivity contribution >= 4 is 5.82 Å². The topological polar surface area (TPSA) is 64.2 Å². The minimum Gasteiger partial charge on any atom is -0.350 e. The molecular weight excluding hydrogens is 228 g/mol. The van der Waals surface area contributed by atoms with E-state index in [-0.39, 0.29) is 11.6 Å². The van der Waals surface area contributed by atoms with E-state index in [4.69, 9.17) is 5.73 Å². The molecule has 0 atom stereocenters. The van der Waals surface area contributed by atoms with Gasteiger partial charge in [-0.25, -0.2) is 4.98 Å². The predicted octanol–water partition coefficient (Wildman–Crippen LogP) is 1.14. The van der Waals surface area contributed by atoms with Crippen molar-refractivity contribution in [1.82, 2.24) is 9.55 Å². The number of aromatic nitrogens is 2. The molecule has 0 aromatic carbocycles. The van der Waals surface area contributed by atoms with Gasteiger partial charge in [-0.2, -0.15) is 0 Å². The Morgan fingerprint density at radius 3 is 2.83 bits per heavy atom. The molecule has 1 saturated carbocycles. The summed E-state index contributed by atoms with van der Waals surface area (Å²) in [7, 11) is 0. The summed E-state index contributed by atoms with van der Waals surface area (Å²) in [5.74, 6) is 0.563. The average Bonchev–Trinajstić information content (AvgIpc) is 3.15. The minimum atomic E-state index is 0.0331. The average molecular weight is 250 g/mol. The van der Waals surface area contributed by atoms with Crippen LogP contribution in [0.15, 0.2) is 17.2 Å². The number of nitrogens with two attached hydrogens (primary N) is 1. The second-order valence-electron chi connectivity index (χ2n) is 5.12. The van der Waals surface area contributed by atoms with E-state index in [0.29, 0.717) is 18.4 Å². The van der Waals surface area contributed by atoms with Crippen molar-refractivity contribution in [2.24, 2.45) is 5.73 Å². The predicted molar refractivity (Wildman–Crippen MR) is 72.9 cm³/mol. The molecule has 18 heavy (non-hydrogen) atoms. The third-order valence-electron chi connectivity index (χ3n) is 3.29. The van der Waals surface area contributed by atoms with Crippen molar-refractivity contribution in [3.63, 3.8) is 0 Å². The lowest BCUT2D eigenvalue weighted by molar-refractivity contribution is 0.626. The molecule has 5 heteroatoms. The van der Waals surface area contributed by atoms with Gasteiger partial charge >= 0.3 is 0 Å². The maximum Gasteiger partial charge on any atom is 0.293 e. The van der Waals surface area contributed by atoms with Crippen LogP contribution in [0.25, 0.3) is 0 Å². The normalized spacial score (nSPS) is 15.1. The van der Waals surface area contributed by atoms with Crippen LogP contribution in [0.2, 0.25) is 0 Å². The van der Waals surface area contributed by atoms with Crippen LogP contribution in [0.4, 0.5) is 5.82 Å². The summed E-state index contributed by atoms with van der Waals surface area (Å²) >= 11 is 0. The van der Waals surface area contributed by atoms with E-state index >= 15 is 0 Å². The third kappa shape index (κ3) is 2.72. The molecule has 2 rings (SSSR count). The van der Waals surface area contributed by atoms with Crippen molar-refractivity contribution in [1.29, 1.82) is 0 Å². The van der Waals surface area contributed by atoms with Crippen LogP contribution in [0, 0.1) is 0 Å². The van der Waals surface area contributed by atoms with Gasteiger partial charge in [0.1, 0.15) is 0 Å². The van der Waals surface area contributed by atoms with Gasteiger partial charge in [0.05, 0.1) is 0 Å². The Morgan fingerprint density at radius 1 is 1.56 bits per heavy atom. The quantitative estimate of drug-likeness (QED) is 0.822. The summed E-state index contributed by atoms with van der Waals surface area (Å²) in [4.78, 5) is 18.7. The van der Waals surface area contributed by atoms with Gasteiger partial charge in [-0.15, -0.1) is 0 Å². The molecular formula is C13H22N4O. The number of nitrogens with zero attached hydrogens (tertiary/aromatic N) is 3. The molecule has 0 radical (unpaired) electrons. The second kappa shape index (κ2) is 5.52. The van der Waals surface area contributed by atoms with Gasteiger partial charge in [0.15, 0.2) is 5.82 Å². The van der Waals surface area contributed by atoms with Crippen LogP contribution in [0.1, 0.15) is 39.2 Å². The molecule has 100 valence electrons. The van der Waals surface area contributed by atoms with E-state index in [1.807, 2.05) is 9.47 Å². The molecule has 0 spiro atoms. The Kier molecular flexibility index (Phi) is 4.01. The fourth-order valence-corrected chi connectivity index (χ4v) is 2.12. The van der Waals surface area contributed by atoms with Gasteiger partial charge < -0.3 is 15.2 Å². The van der Waals surface area contributed by atoms with E-state index in [2.05, 4.69) is 18.8 Å². The van der Waals surface area contributed by atoms with E-state index in [1.165, 1.54) is 0 Å². The first-order valence-corrected chi connectivity index (χ1v) is 6.69. The van der Waals surface area contributed by atoms with Crippen molar-refractivity contribution in [3.8, 4) is 0 Å². The Bertz CT molecular complexity index is 451. The highest BCUT2D eigenvalue weighted by Crippen LogP contribution is 2.33. The Hall–Kier alpha value is -1.36. The molecule has 5 nitrogen and oxygen atoms in total. The van der Waals surface area contributed by atoms with E-state index in [9.17, 15) is 4.79 Å². The molecule has 2 N–H and O–H groups in total. The molecule has 1 aliphatic carbocycles. The van der Waals surface area contributed by atoms with Crippen molar-refractivity contribution in [2.75, 3.05) is 18.0 Å². The van der Waals surface area contributed by atoms with Crippen LogP contribution < -0.4 is 16.2 Å². The summed E-state index contributed by atoms with van der Waals surface area (Å²) in [6.07, 6.45) is 6.61. The molecule has 0 aliphatic heterocycles. The second-order valence-corrected chi connectivity index (χ2v) is 5.12. The highest BCUT2D eigenvalue weighted by molar-refractivity contribution is 5.37. The molecule has 1 aromatic rings. The molecule has 0 unspecified atom stereocenters.